The normalized spacial score (nSPS) is 11.2. The minimum atomic E-state index is -3.22. The van der Waals surface area contributed by atoms with Crippen LogP contribution in [0.1, 0.15) is 11.1 Å². The average Bonchev–Trinajstić information content (AvgIpc) is 2.54. The molecule has 128 valence electrons. The van der Waals surface area contributed by atoms with Crippen molar-refractivity contribution in [1.82, 2.24) is 0 Å². The molecular formula is C16H18N2O5S. The van der Waals surface area contributed by atoms with Crippen molar-refractivity contribution < 1.29 is 18.4 Å². The van der Waals surface area contributed by atoms with E-state index in [-0.39, 0.29) is 17.2 Å². The van der Waals surface area contributed by atoms with Gasteiger partial charge in [-0.2, -0.15) is 0 Å². The fourth-order valence-electron chi connectivity index (χ4n) is 2.23. The van der Waals surface area contributed by atoms with Crippen LogP contribution in [0.4, 0.5) is 11.4 Å². The summed E-state index contributed by atoms with van der Waals surface area (Å²) in [6, 6.07) is 10.9. The lowest BCUT2D eigenvalue weighted by atomic mass is 10.1. The molecule has 2 aromatic carbocycles. The van der Waals surface area contributed by atoms with E-state index in [4.69, 9.17) is 5.11 Å². The van der Waals surface area contributed by atoms with Gasteiger partial charge in [0.15, 0.2) is 9.84 Å². The van der Waals surface area contributed by atoms with Gasteiger partial charge in [0.05, 0.1) is 16.4 Å². The van der Waals surface area contributed by atoms with E-state index in [9.17, 15) is 18.5 Å². The molecule has 0 heterocycles. The maximum atomic E-state index is 11.4. The van der Waals surface area contributed by atoms with Crippen molar-refractivity contribution in [3.63, 3.8) is 0 Å². The van der Waals surface area contributed by atoms with E-state index in [1.54, 1.807) is 30.3 Å². The predicted molar refractivity (Wildman–Crippen MR) is 90.8 cm³/mol. The molecule has 0 saturated heterocycles. The Labute approximate surface area is 140 Å². The highest BCUT2D eigenvalue weighted by Crippen LogP contribution is 2.25. The molecule has 0 bridgehead atoms. The molecule has 0 radical (unpaired) electrons. The minimum Gasteiger partial charge on any atom is -0.392 e. The highest BCUT2D eigenvalue weighted by molar-refractivity contribution is 7.90. The molecule has 24 heavy (non-hydrogen) atoms. The number of rotatable bonds is 7. The third-order valence-electron chi connectivity index (χ3n) is 3.52. The number of nitrogens with zero attached hydrogens (tertiary/aromatic N) is 1. The van der Waals surface area contributed by atoms with Gasteiger partial charge in [-0.25, -0.2) is 8.42 Å². The maximum Gasteiger partial charge on any atom is 0.292 e. The summed E-state index contributed by atoms with van der Waals surface area (Å²) in [5.41, 5.74) is 1.79. The first-order chi connectivity index (χ1) is 11.3. The van der Waals surface area contributed by atoms with Crippen LogP contribution >= 0.6 is 0 Å². The molecule has 0 saturated carbocycles. The first-order valence-corrected chi connectivity index (χ1v) is 9.11. The quantitative estimate of drug-likeness (QED) is 0.585. The van der Waals surface area contributed by atoms with E-state index in [1.807, 2.05) is 0 Å². The number of sulfone groups is 1. The standard InChI is InChI=1S/C16H18N2O5S/c1-24(22,23)14-5-2-12(3-6-14)8-9-17-15-10-13(11-19)4-7-16(15)18(20)21/h2-7,10,17,19H,8-9,11H2,1H3. The summed E-state index contributed by atoms with van der Waals surface area (Å²) in [6.45, 7) is 0.244. The van der Waals surface area contributed by atoms with E-state index in [0.29, 0.717) is 24.2 Å². The monoisotopic (exact) mass is 350 g/mol. The first kappa shape index (κ1) is 17.9. The van der Waals surface area contributed by atoms with Crippen LogP contribution in [0.5, 0.6) is 0 Å². The number of anilines is 1. The van der Waals surface area contributed by atoms with E-state index >= 15 is 0 Å². The molecule has 8 heteroatoms. The van der Waals surface area contributed by atoms with Crippen molar-refractivity contribution in [2.45, 2.75) is 17.9 Å². The van der Waals surface area contributed by atoms with Gasteiger partial charge in [0, 0.05) is 18.9 Å². The second kappa shape index (κ2) is 7.41. The van der Waals surface area contributed by atoms with E-state index in [0.717, 1.165) is 11.8 Å². The summed E-state index contributed by atoms with van der Waals surface area (Å²) in [6.07, 6.45) is 1.72. The lowest BCUT2D eigenvalue weighted by molar-refractivity contribution is -0.384. The van der Waals surface area contributed by atoms with Crippen molar-refractivity contribution in [3.05, 3.63) is 63.7 Å². The molecule has 2 aromatic rings. The first-order valence-electron chi connectivity index (χ1n) is 7.22. The predicted octanol–water partition coefficient (Wildman–Crippen LogP) is 2.15. The minimum absolute atomic E-state index is 0.0559. The second-order valence-corrected chi connectivity index (χ2v) is 7.38. The molecule has 0 atom stereocenters. The molecule has 0 unspecified atom stereocenters. The van der Waals surface area contributed by atoms with Crippen LogP contribution in [-0.4, -0.2) is 31.2 Å². The molecule has 7 nitrogen and oxygen atoms in total. The van der Waals surface area contributed by atoms with Gasteiger partial charge < -0.3 is 10.4 Å². The van der Waals surface area contributed by atoms with Gasteiger partial charge in [0.25, 0.3) is 5.69 Å². The molecule has 2 N–H and O–H groups in total. The largest absolute Gasteiger partial charge is 0.392 e. The summed E-state index contributed by atoms with van der Waals surface area (Å²) < 4.78 is 22.8. The Kier molecular flexibility index (Phi) is 5.53. The topological polar surface area (TPSA) is 110 Å². The van der Waals surface area contributed by atoms with Crippen molar-refractivity contribution in [2.24, 2.45) is 0 Å². The highest BCUT2D eigenvalue weighted by atomic mass is 32.2. The zero-order valence-corrected chi connectivity index (χ0v) is 13.9. The van der Waals surface area contributed by atoms with Crippen LogP contribution in [0.3, 0.4) is 0 Å². The Balaban J connectivity index is 2.05. The van der Waals surface area contributed by atoms with Crippen LogP contribution in [-0.2, 0) is 22.9 Å². The number of nitrogens with one attached hydrogen (secondary N) is 1. The second-order valence-electron chi connectivity index (χ2n) is 5.36. The Morgan fingerprint density at radius 2 is 1.75 bits per heavy atom. The Bertz CT molecular complexity index is 832. The zero-order valence-electron chi connectivity index (χ0n) is 13.1. The SMILES string of the molecule is CS(=O)(=O)c1ccc(CCNc2cc(CO)ccc2[N+](=O)[O-])cc1. The van der Waals surface area contributed by atoms with Crippen LogP contribution in [0, 0.1) is 10.1 Å². The average molecular weight is 350 g/mol. The number of aliphatic hydroxyl groups is 1. The number of benzene rings is 2. The highest BCUT2D eigenvalue weighted by Gasteiger charge is 2.13. The van der Waals surface area contributed by atoms with Gasteiger partial charge in [-0.05, 0) is 41.8 Å². The van der Waals surface area contributed by atoms with Crippen LogP contribution in [0.15, 0.2) is 47.4 Å². The number of nitro benzene ring substituents is 1. The molecule has 0 aliphatic rings. The number of nitro groups is 1. The van der Waals surface area contributed by atoms with Gasteiger partial charge in [-0.1, -0.05) is 12.1 Å². The van der Waals surface area contributed by atoms with Crippen LogP contribution in [0.25, 0.3) is 0 Å². The molecular weight excluding hydrogens is 332 g/mol. The Hall–Kier alpha value is -2.45. The summed E-state index contributed by atoms with van der Waals surface area (Å²) in [5.74, 6) is 0. The molecule has 0 aliphatic carbocycles. The van der Waals surface area contributed by atoms with Crippen molar-refractivity contribution in [2.75, 3.05) is 18.1 Å². The van der Waals surface area contributed by atoms with Crippen LogP contribution < -0.4 is 5.32 Å². The lowest BCUT2D eigenvalue weighted by Crippen LogP contribution is -2.07. The number of hydrogen-bond donors (Lipinski definition) is 2. The molecule has 0 fully saturated rings. The molecule has 2 rings (SSSR count). The van der Waals surface area contributed by atoms with E-state index in [2.05, 4.69) is 5.32 Å². The summed E-state index contributed by atoms with van der Waals surface area (Å²) in [4.78, 5) is 10.8. The van der Waals surface area contributed by atoms with Gasteiger partial charge in [-0.3, -0.25) is 10.1 Å². The Morgan fingerprint density at radius 3 is 2.29 bits per heavy atom. The van der Waals surface area contributed by atoms with Crippen molar-refractivity contribution in [1.29, 1.82) is 0 Å². The maximum absolute atomic E-state index is 11.4. The fraction of sp³-hybridized carbons (Fsp3) is 0.250. The smallest absolute Gasteiger partial charge is 0.292 e. The number of aliphatic hydroxyl groups excluding tert-OH is 1. The summed E-state index contributed by atoms with van der Waals surface area (Å²) in [7, 11) is -3.22. The molecule has 0 aromatic heterocycles. The van der Waals surface area contributed by atoms with E-state index < -0.39 is 14.8 Å². The third kappa shape index (κ3) is 4.53. The lowest BCUT2D eigenvalue weighted by Gasteiger charge is -2.09. The summed E-state index contributed by atoms with van der Waals surface area (Å²) >= 11 is 0. The van der Waals surface area contributed by atoms with Crippen LogP contribution in [0.2, 0.25) is 0 Å². The molecule has 0 amide bonds. The van der Waals surface area contributed by atoms with Gasteiger partial charge in [-0.15, -0.1) is 0 Å². The van der Waals surface area contributed by atoms with Crippen molar-refractivity contribution in [3.8, 4) is 0 Å². The van der Waals surface area contributed by atoms with Crippen molar-refractivity contribution >= 4 is 21.2 Å². The number of hydrogen-bond acceptors (Lipinski definition) is 6. The fourth-order valence-corrected chi connectivity index (χ4v) is 2.86. The van der Waals surface area contributed by atoms with Gasteiger partial charge in [0.2, 0.25) is 0 Å². The summed E-state index contributed by atoms with van der Waals surface area (Å²) in [5, 5.41) is 23.2. The molecule has 0 spiro atoms. The Morgan fingerprint density at radius 1 is 1.12 bits per heavy atom. The van der Waals surface area contributed by atoms with Gasteiger partial charge in [0.1, 0.15) is 5.69 Å². The van der Waals surface area contributed by atoms with Gasteiger partial charge >= 0.3 is 0 Å². The third-order valence-corrected chi connectivity index (χ3v) is 4.65. The molecule has 0 aliphatic heterocycles. The zero-order chi connectivity index (χ0) is 17.7. The van der Waals surface area contributed by atoms with E-state index in [1.165, 1.54) is 12.1 Å².